The average molecular weight is 467 g/mol. The van der Waals surface area contributed by atoms with E-state index >= 15 is 0 Å². The van der Waals surface area contributed by atoms with E-state index in [0.717, 1.165) is 53.2 Å². The number of aliphatic hydroxyl groups excluding tert-OH is 1. The molecule has 1 amide bonds. The smallest absolute Gasteiger partial charge is 0.252 e. The molecule has 2 unspecified atom stereocenters. The monoisotopic (exact) mass is 466 g/mol. The number of carbonyl (C=O) groups excluding carboxylic acids is 1. The summed E-state index contributed by atoms with van der Waals surface area (Å²) in [4.78, 5) is 24.3. The van der Waals surface area contributed by atoms with Crippen LogP contribution in [0.5, 0.6) is 0 Å². The normalized spacial score (nSPS) is 24.8. The first-order valence-electron chi connectivity index (χ1n) is 11.5. The largest absolute Gasteiger partial charge is 0.395 e. The van der Waals surface area contributed by atoms with Crippen LogP contribution in [-0.2, 0) is 4.79 Å². The Morgan fingerprint density at radius 3 is 2.79 bits per heavy atom. The van der Waals surface area contributed by atoms with Gasteiger partial charge in [0, 0.05) is 49.8 Å². The number of hydrogen-bond donors (Lipinski definition) is 1. The molecule has 0 spiro atoms. The van der Waals surface area contributed by atoms with Gasteiger partial charge in [0.2, 0.25) is 0 Å². The first kappa shape index (κ1) is 22.3. The molecule has 33 heavy (non-hydrogen) atoms. The lowest BCUT2D eigenvalue weighted by atomic mass is 10.1. The molecule has 3 aliphatic rings. The third-order valence-corrected chi connectivity index (χ3v) is 8.44. The fourth-order valence-corrected chi connectivity index (χ4v) is 6.40. The molecule has 8 nitrogen and oxygen atoms in total. The van der Waals surface area contributed by atoms with Crippen molar-refractivity contribution in [2.75, 3.05) is 32.8 Å². The van der Waals surface area contributed by atoms with Gasteiger partial charge in [0.1, 0.15) is 0 Å². The number of hydrogen-bond acceptors (Lipinski definition) is 6. The lowest BCUT2D eigenvalue weighted by molar-refractivity contribution is -0.124. The van der Waals surface area contributed by atoms with Gasteiger partial charge in [0.25, 0.3) is 5.91 Å². The van der Waals surface area contributed by atoms with Crippen LogP contribution in [0.25, 0.3) is 10.8 Å². The van der Waals surface area contributed by atoms with Gasteiger partial charge in [-0.25, -0.2) is 4.52 Å². The number of amides is 1. The van der Waals surface area contributed by atoms with Gasteiger partial charge in [-0.2, -0.15) is 5.10 Å². The average Bonchev–Trinajstić information content (AvgIpc) is 3.20. The SMILES string of the molecule is CC1=CC(N2CCN(CCO)[C@H](C)C2)=CN2C(=O)C=C(c3cc4c(C)nc(C)cn4n3)PC12. The second-order valence-corrected chi connectivity index (χ2v) is 10.5. The van der Waals surface area contributed by atoms with Crippen LogP contribution in [0.4, 0.5) is 0 Å². The van der Waals surface area contributed by atoms with Crippen molar-refractivity contribution in [2.24, 2.45) is 0 Å². The Morgan fingerprint density at radius 1 is 1.21 bits per heavy atom. The van der Waals surface area contributed by atoms with Crippen molar-refractivity contribution in [3.05, 3.63) is 59.0 Å². The van der Waals surface area contributed by atoms with Crippen molar-refractivity contribution in [3.8, 4) is 0 Å². The molecule has 1 fully saturated rings. The minimum Gasteiger partial charge on any atom is -0.395 e. The molecule has 1 saturated heterocycles. The standard InChI is InChI=1S/C24H31N6O2P/c1-15-9-19(28-6-5-27(7-8-31)17(3)13-28)14-29-23(32)11-22(33-24(15)29)20-10-21-18(4)25-16(2)12-30(21)26-20/h9-12,14,17,24,31,33H,5-8,13H2,1-4H3/t17-,24?/m1/s1. The van der Waals surface area contributed by atoms with Gasteiger partial charge in [-0.15, -0.1) is 0 Å². The molecule has 1 N–H and O–H groups in total. The number of aryl methyl sites for hydroxylation is 2. The van der Waals surface area contributed by atoms with Crippen molar-refractivity contribution >= 4 is 25.3 Å². The Hall–Kier alpha value is -2.54. The highest BCUT2D eigenvalue weighted by Crippen LogP contribution is 2.47. The summed E-state index contributed by atoms with van der Waals surface area (Å²) in [7, 11) is 0.437. The number of fused-ring (bicyclic) bond motifs is 2. The number of allylic oxidation sites excluding steroid dienone is 1. The molecule has 3 atom stereocenters. The van der Waals surface area contributed by atoms with Crippen molar-refractivity contribution in [2.45, 2.75) is 39.5 Å². The number of aromatic nitrogens is 3. The predicted molar refractivity (Wildman–Crippen MR) is 131 cm³/mol. The Balaban J connectivity index is 1.40. The van der Waals surface area contributed by atoms with Crippen molar-refractivity contribution < 1.29 is 9.90 Å². The van der Waals surface area contributed by atoms with E-state index < -0.39 is 0 Å². The van der Waals surface area contributed by atoms with Gasteiger partial charge >= 0.3 is 0 Å². The lowest BCUT2D eigenvalue weighted by Gasteiger charge is -2.44. The fraction of sp³-hybridized carbons (Fsp3) is 0.458. The Bertz CT molecular complexity index is 1200. The van der Waals surface area contributed by atoms with Crippen molar-refractivity contribution in [1.82, 2.24) is 29.3 Å². The number of piperazine rings is 1. The van der Waals surface area contributed by atoms with E-state index in [1.165, 1.54) is 5.57 Å². The Labute approximate surface area is 196 Å². The van der Waals surface area contributed by atoms with E-state index in [4.69, 9.17) is 5.10 Å². The highest BCUT2D eigenvalue weighted by molar-refractivity contribution is 7.51. The molecular weight excluding hydrogens is 435 g/mol. The van der Waals surface area contributed by atoms with Gasteiger partial charge in [0.05, 0.1) is 46.9 Å². The lowest BCUT2D eigenvalue weighted by Crippen LogP contribution is -2.52. The Kier molecular flexibility index (Phi) is 5.85. The maximum atomic E-state index is 13.2. The van der Waals surface area contributed by atoms with Crippen LogP contribution < -0.4 is 0 Å². The predicted octanol–water partition coefficient (Wildman–Crippen LogP) is 2.33. The zero-order valence-electron chi connectivity index (χ0n) is 19.6. The molecular formula is C24H31N6O2P. The topological polar surface area (TPSA) is 77.2 Å². The molecule has 3 aliphatic heterocycles. The summed E-state index contributed by atoms with van der Waals surface area (Å²) in [5.74, 6) is 0.0499. The second kappa shape index (κ2) is 8.67. The van der Waals surface area contributed by atoms with E-state index in [2.05, 4.69) is 34.7 Å². The number of nitrogens with zero attached hydrogens (tertiary/aromatic N) is 6. The maximum Gasteiger partial charge on any atom is 0.252 e. The molecule has 0 bridgehead atoms. The summed E-state index contributed by atoms with van der Waals surface area (Å²) >= 11 is 0. The molecule has 0 radical (unpaired) electrons. The van der Waals surface area contributed by atoms with Crippen LogP contribution in [0.15, 0.2) is 41.9 Å². The van der Waals surface area contributed by atoms with Crippen molar-refractivity contribution in [1.29, 1.82) is 0 Å². The summed E-state index contributed by atoms with van der Waals surface area (Å²) in [6, 6.07) is 2.40. The number of rotatable bonds is 4. The van der Waals surface area contributed by atoms with Crippen LogP contribution in [0.2, 0.25) is 0 Å². The summed E-state index contributed by atoms with van der Waals surface area (Å²) < 4.78 is 1.87. The van der Waals surface area contributed by atoms with Crippen molar-refractivity contribution in [3.63, 3.8) is 0 Å². The van der Waals surface area contributed by atoms with Gasteiger partial charge in [-0.05, 0) is 45.4 Å². The molecule has 5 rings (SSSR count). The molecule has 174 valence electrons. The van der Waals surface area contributed by atoms with E-state index in [9.17, 15) is 9.90 Å². The van der Waals surface area contributed by atoms with Gasteiger partial charge in [-0.1, -0.05) is 8.58 Å². The van der Waals surface area contributed by atoms with Crippen LogP contribution in [0, 0.1) is 13.8 Å². The molecule has 2 aromatic heterocycles. The summed E-state index contributed by atoms with van der Waals surface area (Å²) in [5, 5.41) is 15.0. The summed E-state index contributed by atoms with van der Waals surface area (Å²) in [6.07, 6.45) is 7.94. The third kappa shape index (κ3) is 4.12. The molecule has 0 aromatic carbocycles. The number of carbonyl (C=O) groups is 1. The quantitative estimate of drug-likeness (QED) is 0.697. The second-order valence-electron chi connectivity index (χ2n) is 9.17. The zero-order valence-corrected chi connectivity index (χ0v) is 20.6. The molecule has 0 aliphatic carbocycles. The van der Waals surface area contributed by atoms with E-state index in [-0.39, 0.29) is 18.3 Å². The highest BCUT2D eigenvalue weighted by Gasteiger charge is 2.34. The van der Waals surface area contributed by atoms with Crippen LogP contribution in [0.3, 0.4) is 0 Å². The van der Waals surface area contributed by atoms with Crippen LogP contribution in [0.1, 0.15) is 30.9 Å². The Morgan fingerprint density at radius 2 is 2.03 bits per heavy atom. The summed E-state index contributed by atoms with van der Waals surface area (Å²) in [6.45, 7) is 11.9. The van der Waals surface area contributed by atoms with E-state index in [1.807, 2.05) is 41.7 Å². The minimum atomic E-state index is 0.00810. The number of β-amino-alcohol motifs (C(OH)–C–C–N with tert-alkyl or cyclic N) is 1. The summed E-state index contributed by atoms with van der Waals surface area (Å²) in [5.41, 5.74) is 5.99. The zero-order chi connectivity index (χ0) is 23.3. The fourth-order valence-electron chi connectivity index (χ4n) is 4.98. The molecule has 9 heteroatoms. The molecule has 2 aromatic rings. The third-order valence-electron chi connectivity index (χ3n) is 6.72. The molecule has 0 saturated carbocycles. The van der Waals surface area contributed by atoms with E-state index in [0.29, 0.717) is 21.2 Å². The van der Waals surface area contributed by atoms with Gasteiger partial charge < -0.3 is 14.9 Å². The van der Waals surface area contributed by atoms with E-state index in [1.54, 1.807) is 6.08 Å². The first-order chi connectivity index (χ1) is 15.8. The number of aliphatic hydroxyl groups is 1. The van der Waals surface area contributed by atoms with Gasteiger partial charge in [-0.3, -0.25) is 14.7 Å². The van der Waals surface area contributed by atoms with Gasteiger partial charge in [0.15, 0.2) is 0 Å². The minimum absolute atomic E-state index is 0.00810. The van der Waals surface area contributed by atoms with Crippen LogP contribution in [-0.4, -0.2) is 84.9 Å². The first-order valence-corrected chi connectivity index (χ1v) is 12.6. The molecule has 5 heterocycles. The highest BCUT2D eigenvalue weighted by atomic mass is 31.1. The maximum absolute atomic E-state index is 13.2. The van der Waals surface area contributed by atoms with Crippen LogP contribution >= 0.6 is 8.58 Å².